The summed E-state index contributed by atoms with van der Waals surface area (Å²) in [7, 11) is 0. The fraction of sp³-hybridized carbons (Fsp3) is 0.0556. The molecule has 3 aromatic rings. The molecular weight excluding hydrogens is 390 g/mol. The summed E-state index contributed by atoms with van der Waals surface area (Å²) in [5.74, 6) is -0.0296. The van der Waals surface area contributed by atoms with E-state index in [4.69, 9.17) is 11.6 Å². The van der Waals surface area contributed by atoms with Gasteiger partial charge in [0, 0.05) is 27.1 Å². The van der Waals surface area contributed by atoms with Crippen molar-refractivity contribution in [3.05, 3.63) is 76.2 Å². The van der Waals surface area contributed by atoms with Crippen LogP contribution in [0, 0.1) is 0 Å². The molecule has 1 amide bonds. The van der Waals surface area contributed by atoms with Crippen LogP contribution >= 0.6 is 35.1 Å². The van der Waals surface area contributed by atoms with Crippen LogP contribution in [0.2, 0.25) is 5.02 Å². The molecule has 0 aliphatic carbocycles. The third kappa shape index (κ3) is 5.39. The zero-order valence-electron chi connectivity index (χ0n) is 13.4. The molecule has 8 heteroatoms. The number of benzene rings is 2. The number of rotatable bonds is 6. The Morgan fingerprint density at radius 2 is 1.88 bits per heavy atom. The van der Waals surface area contributed by atoms with Crippen molar-refractivity contribution in [1.82, 2.24) is 9.97 Å². The number of nitrogens with one attached hydrogen (secondary N) is 2. The number of aromatic amines is 1. The van der Waals surface area contributed by atoms with Crippen molar-refractivity contribution < 1.29 is 4.79 Å². The molecule has 3 rings (SSSR count). The molecule has 1 aromatic heterocycles. The number of H-pyrrole nitrogens is 1. The van der Waals surface area contributed by atoms with Crippen LogP contribution in [0.1, 0.15) is 0 Å². The van der Waals surface area contributed by atoms with Crippen LogP contribution < -0.4 is 10.9 Å². The minimum Gasteiger partial charge on any atom is -0.324 e. The Labute approximate surface area is 163 Å². The highest BCUT2D eigenvalue weighted by Gasteiger charge is 2.09. The number of para-hydroxylation sites is 1. The van der Waals surface area contributed by atoms with Crippen LogP contribution in [0.15, 0.2) is 80.5 Å². The molecule has 0 atom stereocenters. The SMILES string of the molecule is O=C(CSc1nccc(=O)[nH]1)Nc1ccccc1Sc1ccc(Cl)cc1. The maximum atomic E-state index is 12.2. The van der Waals surface area contributed by atoms with Gasteiger partial charge in [-0.1, -0.05) is 47.3 Å². The molecule has 0 bridgehead atoms. The predicted molar refractivity (Wildman–Crippen MR) is 106 cm³/mol. The van der Waals surface area contributed by atoms with Gasteiger partial charge >= 0.3 is 0 Å². The highest BCUT2D eigenvalue weighted by atomic mass is 35.5. The van der Waals surface area contributed by atoms with E-state index in [1.54, 1.807) is 11.8 Å². The fourth-order valence-electron chi connectivity index (χ4n) is 2.03. The molecule has 0 fully saturated rings. The minimum atomic E-state index is -0.243. The Hall–Kier alpha value is -2.22. The van der Waals surface area contributed by atoms with E-state index in [0.717, 1.165) is 15.5 Å². The molecule has 5 nitrogen and oxygen atoms in total. The lowest BCUT2D eigenvalue weighted by Crippen LogP contribution is -2.15. The molecule has 1 heterocycles. The average molecular weight is 404 g/mol. The molecule has 2 N–H and O–H groups in total. The number of hydrogen-bond acceptors (Lipinski definition) is 5. The molecule has 26 heavy (non-hydrogen) atoms. The lowest BCUT2D eigenvalue weighted by atomic mass is 10.3. The number of nitrogens with zero attached hydrogens (tertiary/aromatic N) is 1. The number of aromatic nitrogens is 2. The van der Waals surface area contributed by atoms with Crippen molar-refractivity contribution in [2.75, 3.05) is 11.1 Å². The van der Waals surface area contributed by atoms with Gasteiger partial charge in [0.25, 0.3) is 5.56 Å². The molecule has 0 spiro atoms. The molecule has 0 aliphatic rings. The Morgan fingerprint density at radius 3 is 2.65 bits per heavy atom. The molecule has 0 aliphatic heterocycles. The molecule has 0 saturated heterocycles. The maximum Gasteiger partial charge on any atom is 0.251 e. The summed E-state index contributed by atoms with van der Waals surface area (Å²) in [4.78, 5) is 32.0. The summed E-state index contributed by atoms with van der Waals surface area (Å²) in [6, 6.07) is 16.4. The van der Waals surface area contributed by atoms with E-state index in [2.05, 4.69) is 15.3 Å². The molecule has 0 radical (unpaired) electrons. The first kappa shape index (κ1) is 18.6. The van der Waals surface area contributed by atoms with Crippen LogP contribution in [0.4, 0.5) is 5.69 Å². The Balaban J connectivity index is 1.64. The molecule has 0 saturated carbocycles. The van der Waals surface area contributed by atoms with E-state index in [-0.39, 0.29) is 17.2 Å². The van der Waals surface area contributed by atoms with Crippen LogP contribution in [0.25, 0.3) is 0 Å². The standard InChI is InChI=1S/C18H14ClN3O2S2/c19-12-5-7-13(8-6-12)26-15-4-2-1-3-14(15)21-17(24)11-25-18-20-10-9-16(23)22-18/h1-10H,11H2,(H,21,24)(H,20,22,23). The molecule has 2 aromatic carbocycles. The number of hydrogen-bond donors (Lipinski definition) is 2. The second kappa shape index (κ2) is 8.93. The van der Waals surface area contributed by atoms with Gasteiger partial charge in [-0.2, -0.15) is 0 Å². The zero-order valence-corrected chi connectivity index (χ0v) is 15.8. The monoisotopic (exact) mass is 403 g/mol. The van der Waals surface area contributed by atoms with E-state index in [0.29, 0.717) is 10.2 Å². The molecular formula is C18H14ClN3O2S2. The number of carbonyl (C=O) groups excluding carboxylic acids is 1. The maximum absolute atomic E-state index is 12.2. The van der Waals surface area contributed by atoms with Crippen LogP contribution in [-0.2, 0) is 4.79 Å². The molecule has 0 unspecified atom stereocenters. The van der Waals surface area contributed by atoms with E-state index in [1.807, 2.05) is 48.5 Å². The van der Waals surface area contributed by atoms with Crippen molar-refractivity contribution in [2.24, 2.45) is 0 Å². The topological polar surface area (TPSA) is 74.8 Å². The van der Waals surface area contributed by atoms with E-state index in [1.165, 1.54) is 24.0 Å². The van der Waals surface area contributed by atoms with Gasteiger partial charge < -0.3 is 10.3 Å². The smallest absolute Gasteiger partial charge is 0.251 e. The summed E-state index contributed by atoms with van der Waals surface area (Å²) in [6.07, 6.45) is 1.41. The van der Waals surface area contributed by atoms with E-state index in [9.17, 15) is 9.59 Å². The average Bonchev–Trinajstić information content (AvgIpc) is 2.64. The molecule has 132 valence electrons. The summed E-state index contributed by atoms with van der Waals surface area (Å²) >= 11 is 8.63. The van der Waals surface area contributed by atoms with Gasteiger partial charge in [0.15, 0.2) is 5.16 Å². The number of anilines is 1. The Bertz CT molecular complexity index is 961. The van der Waals surface area contributed by atoms with Gasteiger partial charge in [0.05, 0.1) is 11.4 Å². The Morgan fingerprint density at radius 1 is 1.12 bits per heavy atom. The van der Waals surface area contributed by atoms with Crippen molar-refractivity contribution in [3.63, 3.8) is 0 Å². The normalized spacial score (nSPS) is 10.5. The van der Waals surface area contributed by atoms with Crippen molar-refractivity contribution in [2.45, 2.75) is 14.9 Å². The first-order valence-electron chi connectivity index (χ1n) is 7.60. The largest absolute Gasteiger partial charge is 0.324 e. The summed E-state index contributed by atoms with van der Waals surface area (Å²) < 4.78 is 0. The highest BCUT2D eigenvalue weighted by Crippen LogP contribution is 2.34. The third-order valence-corrected chi connectivity index (χ3v) is 5.41. The lowest BCUT2D eigenvalue weighted by Gasteiger charge is -2.10. The summed E-state index contributed by atoms with van der Waals surface area (Å²) in [5.41, 5.74) is 0.486. The summed E-state index contributed by atoms with van der Waals surface area (Å²) in [6.45, 7) is 0. The van der Waals surface area contributed by atoms with Crippen LogP contribution in [0.3, 0.4) is 0 Å². The van der Waals surface area contributed by atoms with E-state index >= 15 is 0 Å². The van der Waals surface area contributed by atoms with Crippen molar-refractivity contribution in [3.8, 4) is 0 Å². The quantitative estimate of drug-likeness (QED) is 0.474. The van der Waals surface area contributed by atoms with Crippen LogP contribution in [-0.4, -0.2) is 21.6 Å². The van der Waals surface area contributed by atoms with Gasteiger partial charge in [-0.25, -0.2) is 4.98 Å². The second-order valence-corrected chi connectivity index (χ2v) is 7.64. The van der Waals surface area contributed by atoms with Crippen molar-refractivity contribution >= 4 is 46.7 Å². The number of halogens is 1. The first-order chi connectivity index (χ1) is 12.6. The van der Waals surface area contributed by atoms with Crippen molar-refractivity contribution in [1.29, 1.82) is 0 Å². The third-order valence-electron chi connectivity index (χ3n) is 3.19. The number of thioether (sulfide) groups is 1. The van der Waals surface area contributed by atoms with Gasteiger partial charge in [-0.3, -0.25) is 9.59 Å². The summed E-state index contributed by atoms with van der Waals surface area (Å²) in [5, 5.41) is 4.00. The lowest BCUT2D eigenvalue weighted by molar-refractivity contribution is -0.113. The first-order valence-corrected chi connectivity index (χ1v) is 9.78. The number of carbonyl (C=O) groups is 1. The predicted octanol–water partition coefficient (Wildman–Crippen LogP) is 4.31. The Kier molecular flexibility index (Phi) is 6.38. The van der Waals surface area contributed by atoms with Crippen LogP contribution in [0.5, 0.6) is 0 Å². The zero-order chi connectivity index (χ0) is 18.4. The van der Waals surface area contributed by atoms with Gasteiger partial charge in [-0.15, -0.1) is 0 Å². The number of amides is 1. The van der Waals surface area contributed by atoms with Gasteiger partial charge in [0.1, 0.15) is 0 Å². The van der Waals surface area contributed by atoms with Gasteiger partial charge in [0.2, 0.25) is 5.91 Å². The van der Waals surface area contributed by atoms with E-state index < -0.39 is 0 Å². The highest BCUT2D eigenvalue weighted by molar-refractivity contribution is 8.00. The fourth-order valence-corrected chi connectivity index (χ4v) is 3.71. The van der Waals surface area contributed by atoms with Gasteiger partial charge in [-0.05, 0) is 36.4 Å². The second-order valence-electron chi connectivity index (χ2n) is 5.13. The minimum absolute atomic E-state index is 0.146.